The number of nitrogens with zero attached hydrogens (tertiary/aromatic N) is 4. The van der Waals surface area contributed by atoms with Crippen LogP contribution in [0.3, 0.4) is 0 Å². The van der Waals surface area contributed by atoms with Crippen molar-refractivity contribution in [1.29, 1.82) is 0 Å². The van der Waals surface area contributed by atoms with E-state index in [1.807, 2.05) is 0 Å². The Morgan fingerprint density at radius 2 is 2.04 bits per heavy atom. The Kier molecular flexibility index (Phi) is 5.03. The summed E-state index contributed by atoms with van der Waals surface area (Å²) in [6, 6.07) is 9.20. The predicted molar refractivity (Wildman–Crippen MR) is 95.8 cm³/mol. The Morgan fingerprint density at radius 3 is 2.65 bits per heavy atom. The Balaban J connectivity index is 1.65. The molecule has 1 N–H and O–H groups in total. The summed E-state index contributed by atoms with van der Waals surface area (Å²) in [7, 11) is 1.79. The van der Waals surface area contributed by atoms with Gasteiger partial charge in [-0.3, -0.25) is 14.9 Å². The van der Waals surface area contributed by atoms with Crippen LogP contribution in [-0.2, 0) is 11.8 Å². The number of rotatable bonds is 6. The molecule has 0 aliphatic carbocycles. The molecular weight excluding hydrogens is 358 g/mol. The molecule has 3 aromatic rings. The maximum Gasteiger partial charge on any atom is 0.269 e. The van der Waals surface area contributed by atoms with Gasteiger partial charge in [-0.15, -0.1) is 10.2 Å². The molecule has 0 aliphatic heterocycles. The van der Waals surface area contributed by atoms with Crippen LogP contribution in [0.2, 0.25) is 0 Å². The number of furan rings is 1. The second-order valence-electron chi connectivity index (χ2n) is 5.40. The third-order valence-corrected chi connectivity index (χ3v) is 4.71. The molecule has 1 atom stereocenters. The van der Waals surface area contributed by atoms with Crippen molar-refractivity contribution in [3.05, 3.63) is 52.8 Å². The van der Waals surface area contributed by atoms with Gasteiger partial charge in [-0.05, 0) is 31.2 Å². The van der Waals surface area contributed by atoms with Crippen LogP contribution in [0.25, 0.3) is 11.6 Å². The number of hydrogen-bond donors (Lipinski definition) is 1. The number of nitro groups is 1. The lowest BCUT2D eigenvalue weighted by molar-refractivity contribution is -0.384. The average molecular weight is 373 g/mol. The first-order chi connectivity index (χ1) is 12.5. The van der Waals surface area contributed by atoms with Crippen molar-refractivity contribution in [3.63, 3.8) is 0 Å². The Bertz CT molecular complexity index is 921. The summed E-state index contributed by atoms with van der Waals surface area (Å²) in [5.41, 5.74) is 0.456. The number of anilines is 1. The van der Waals surface area contributed by atoms with Crippen LogP contribution in [-0.4, -0.2) is 30.8 Å². The van der Waals surface area contributed by atoms with E-state index in [4.69, 9.17) is 4.42 Å². The van der Waals surface area contributed by atoms with E-state index in [1.54, 1.807) is 36.9 Å². The van der Waals surface area contributed by atoms with Crippen LogP contribution in [0.4, 0.5) is 11.4 Å². The first-order valence-corrected chi connectivity index (χ1v) is 8.49. The molecular formula is C16H15N5O4S. The van der Waals surface area contributed by atoms with E-state index in [0.717, 1.165) is 0 Å². The molecule has 0 spiro atoms. The quantitative estimate of drug-likeness (QED) is 0.401. The molecule has 0 fully saturated rings. The molecule has 0 radical (unpaired) electrons. The van der Waals surface area contributed by atoms with Crippen molar-refractivity contribution < 1.29 is 14.1 Å². The number of aromatic nitrogens is 3. The Hall–Kier alpha value is -3.14. The number of thioether (sulfide) groups is 1. The van der Waals surface area contributed by atoms with Gasteiger partial charge in [0.05, 0.1) is 16.4 Å². The fourth-order valence-electron chi connectivity index (χ4n) is 2.16. The molecule has 1 unspecified atom stereocenters. The fourth-order valence-corrected chi connectivity index (χ4v) is 2.97. The number of carbonyl (C=O) groups is 1. The number of carbonyl (C=O) groups excluding carboxylic acids is 1. The van der Waals surface area contributed by atoms with Gasteiger partial charge in [0.25, 0.3) is 5.69 Å². The highest BCUT2D eigenvalue weighted by molar-refractivity contribution is 8.00. The third kappa shape index (κ3) is 3.75. The maximum atomic E-state index is 12.3. The lowest BCUT2D eigenvalue weighted by Crippen LogP contribution is -2.22. The molecule has 2 aromatic heterocycles. The van der Waals surface area contributed by atoms with Crippen molar-refractivity contribution in [3.8, 4) is 11.6 Å². The van der Waals surface area contributed by atoms with E-state index >= 15 is 0 Å². The number of non-ortho nitro benzene ring substituents is 1. The summed E-state index contributed by atoms with van der Waals surface area (Å²) in [6.07, 6.45) is 1.55. The molecule has 2 heterocycles. The maximum absolute atomic E-state index is 12.3. The molecule has 1 aromatic carbocycles. The second-order valence-corrected chi connectivity index (χ2v) is 6.70. The van der Waals surface area contributed by atoms with Crippen LogP contribution >= 0.6 is 11.8 Å². The van der Waals surface area contributed by atoms with Gasteiger partial charge in [-0.25, -0.2) is 0 Å². The monoisotopic (exact) mass is 373 g/mol. The average Bonchev–Trinajstić information content (AvgIpc) is 3.26. The molecule has 0 saturated carbocycles. The minimum absolute atomic E-state index is 0.0324. The first kappa shape index (κ1) is 17.7. The van der Waals surface area contributed by atoms with Crippen molar-refractivity contribution >= 4 is 29.0 Å². The van der Waals surface area contributed by atoms with Gasteiger partial charge in [0.15, 0.2) is 16.7 Å². The second kappa shape index (κ2) is 7.40. The molecule has 26 heavy (non-hydrogen) atoms. The van der Waals surface area contributed by atoms with Crippen LogP contribution in [0.5, 0.6) is 0 Å². The number of benzene rings is 1. The molecule has 0 bridgehead atoms. The zero-order chi connectivity index (χ0) is 18.7. The lowest BCUT2D eigenvalue weighted by atomic mass is 10.3. The van der Waals surface area contributed by atoms with Gasteiger partial charge in [-0.1, -0.05) is 11.8 Å². The molecule has 9 nitrogen and oxygen atoms in total. The highest BCUT2D eigenvalue weighted by Gasteiger charge is 2.20. The minimum Gasteiger partial charge on any atom is -0.461 e. The summed E-state index contributed by atoms with van der Waals surface area (Å²) in [6.45, 7) is 1.74. The van der Waals surface area contributed by atoms with E-state index in [1.165, 1.54) is 36.0 Å². The zero-order valence-corrected chi connectivity index (χ0v) is 14.8. The minimum atomic E-state index is -0.491. The van der Waals surface area contributed by atoms with Gasteiger partial charge in [0.1, 0.15) is 0 Å². The van der Waals surface area contributed by atoms with Gasteiger partial charge in [-0.2, -0.15) is 0 Å². The summed E-state index contributed by atoms with van der Waals surface area (Å²) in [5, 5.41) is 21.7. The van der Waals surface area contributed by atoms with Crippen molar-refractivity contribution in [2.45, 2.75) is 17.3 Å². The van der Waals surface area contributed by atoms with Crippen molar-refractivity contribution in [2.24, 2.45) is 7.05 Å². The largest absolute Gasteiger partial charge is 0.461 e. The van der Waals surface area contributed by atoms with Crippen LogP contribution in [0.15, 0.2) is 52.2 Å². The van der Waals surface area contributed by atoms with Crippen molar-refractivity contribution in [1.82, 2.24) is 14.8 Å². The molecule has 10 heteroatoms. The van der Waals surface area contributed by atoms with Crippen molar-refractivity contribution in [2.75, 3.05) is 5.32 Å². The normalized spacial score (nSPS) is 11.9. The SMILES string of the molecule is CC(Sc1nnc(-c2ccco2)n1C)C(=O)Nc1ccc([N+](=O)[O-])cc1. The van der Waals surface area contributed by atoms with E-state index in [2.05, 4.69) is 15.5 Å². The highest BCUT2D eigenvalue weighted by atomic mass is 32.2. The van der Waals surface area contributed by atoms with Gasteiger partial charge < -0.3 is 14.3 Å². The number of hydrogen-bond acceptors (Lipinski definition) is 7. The van der Waals surface area contributed by atoms with Gasteiger partial charge in [0, 0.05) is 24.9 Å². The topological polar surface area (TPSA) is 116 Å². The van der Waals surface area contributed by atoms with Crippen LogP contribution in [0, 0.1) is 10.1 Å². The highest BCUT2D eigenvalue weighted by Crippen LogP contribution is 2.26. The number of amides is 1. The lowest BCUT2D eigenvalue weighted by Gasteiger charge is -2.11. The van der Waals surface area contributed by atoms with E-state index in [9.17, 15) is 14.9 Å². The van der Waals surface area contributed by atoms with Gasteiger partial charge >= 0.3 is 0 Å². The predicted octanol–water partition coefficient (Wildman–Crippen LogP) is 3.10. The van der Waals surface area contributed by atoms with Crippen LogP contribution in [0.1, 0.15) is 6.92 Å². The van der Waals surface area contributed by atoms with E-state index < -0.39 is 10.2 Å². The fraction of sp³-hybridized carbons (Fsp3) is 0.188. The zero-order valence-electron chi connectivity index (χ0n) is 13.9. The molecule has 1 amide bonds. The summed E-state index contributed by atoms with van der Waals surface area (Å²) in [4.78, 5) is 22.5. The molecule has 0 saturated heterocycles. The molecule has 0 aliphatic rings. The van der Waals surface area contributed by atoms with E-state index in [0.29, 0.717) is 22.4 Å². The first-order valence-electron chi connectivity index (χ1n) is 7.61. The Labute approximate surface area is 152 Å². The van der Waals surface area contributed by atoms with Crippen LogP contribution < -0.4 is 5.32 Å². The molecule has 134 valence electrons. The summed E-state index contributed by atoms with van der Waals surface area (Å²) < 4.78 is 7.06. The number of nitrogens with one attached hydrogen (secondary N) is 1. The number of nitro benzene ring substituents is 1. The Morgan fingerprint density at radius 1 is 1.31 bits per heavy atom. The van der Waals surface area contributed by atoms with Gasteiger partial charge in [0.2, 0.25) is 5.91 Å². The standard InChI is InChI=1S/C16H15N5O4S/c1-10(15(22)17-11-5-7-12(8-6-11)21(23)24)26-16-19-18-14(20(16)2)13-4-3-9-25-13/h3-10H,1-2H3,(H,17,22). The third-order valence-electron chi connectivity index (χ3n) is 3.57. The van der Waals surface area contributed by atoms with E-state index in [-0.39, 0.29) is 11.6 Å². The summed E-state index contributed by atoms with van der Waals surface area (Å²) >= 11 is 1.25. The molecule has 3 rings (SSSR count). The summed E-state index contributed by atoms with van der Waals surface area (Å²) in [5.74, 6) is 0.918. The smallest absolute Gasteiger partial charge is 0.269 e.